The highest BCUT2D eigenvalue weighted by molar-refractivity contribution is 7.10. The maximum Gasteiger partial charge on any atom is 0.191 e. The quantitative estimate of drug-likeness (QED) is 0.567. The van der Waals surface area contributed by atoms with E-state index in [4.69, 9.17) is 0 Å². The fourth-order valence-electron chi connectivity index (χ4n) is 2.21. The molecule has 0 saturated heterocycles. The van der Waals surface area contributed by atoms with Crippen LogP contribution in [0.4, 0.5) is 0 Å². The first-order chi connectivity index (χ1) is 11.4. The largest absolute Gasteiger partial charge is 0.357 e. The minimum absolute atomic E-state index is 0.0797. The second-order valence-electron chi connectivity index (χ2n) is 6.73. The highest BCUT2D eigenvalue weighted by atomic mass is 32.1. The van der Waals surface area contributed by atoms with Crippen molar-refractivity contribution in [3.05, 3.63) is 38.5 Å². The van der Waals surface area contributed by atoms with Crippen LogP contribution in [0.2, 0.25) is 0 Å². The summed E-state index contributed by atoms with van der Waals surface area (Å²) >= 11 is 3.49. The highest BCUT2D eigenvalue weighted by Gasteiger charge is 2.21. The van der Waals surface area contributed by atoms with Crippen LogP contribution in [0.15, 0.2) is 27.9 Å². The van der Waals surface area contributed by atoms with Crippen molar-refractivity contribution in [3.63, 3.8) is 0 Å². The SMILES string of the molecule is CCNC(=NCc1nc(C(C)C)cs1)NCC(C)(C)c1cccs1. The van der Waals surface area contributed by atoms with E-state index in [1.165, 1.54) is 4.88 Å². The molecule has 2 heterocycles. The number of aliphatic imine (C=N–C) groups is 1. The molecule has 0 aliphatic heterocycles. The third-order valence-corrected chi connectivity index (χ3v) is 5.85. The number of aromatic nitrogens is 1. The van der Waals surface area contributed by atoms with Crippen LogP contribution in [0.5, 0.6) is 0 Å². The Labute approximate surface area is 153 Å². The van der Waals surface area contributed by atoms with Gasteiger partial charge < -0.3 is 10.6 Å². The summed E-state index contributed by atoms with van der Waals surface area (Å²) in [4.78, 5) is 10.7. The third-order valence-electron chi connectivity index (χ3n) is 3.76. The molecule has 6 heteroatoms. The van der Waals surface area contributed by atoms with Gasteiger partial charge in [-0.05, 0) is 24.3 Å². The van der Waals surface area contributed by atoms with Crippen molar-refractivity contribution in [3.8, 4) is 0 Å². The van der Waals surface area contributed by atoms with Crippen molar-refractivity contribution in [2.24, 2.45) is 4.99 Å². The predicted molar refractivity (Wildman–Crippen MR) is 106 cm³/mol. The second-order valence-corrected chi connectivity index (χ2v) is 8.62. The summed E-state index contributed by atoms with van der Waals surface area (Å²) in [6.45, 7) is 13.2. The molecule has 2 aromatic heterocycles. The average molecular weight is 365 g/mol. The fourth-order valence-corrected chi connectivity index (χ4v) is 3.94. The molecule has 4 nitrogen and oxygen atoms in total. The maximum absolute atomic E-state index is 4.69. The molecule has 2 aromatic rings. The van der Waals surface area contributed by atoms with E-state index in [9.17, 15) is 0 Å². The van der Waals surface area contributed by atoms with Gasteiger partial charge in [0.1, 0.15) is 5.01 Å². The molecular formula is C18H28N4S2. The van der Waals surface area contributed by atoms with Gasteiger partial charge in [-0.1, -0.05) is 33.8 Å². The van der Waals surface area contributed by atoms with E-state index in [1.807, 2.05) is 0 Å². The zero-order valence-corrected chi connectivity index (χ0v) is 16.9. The van der Waals surface area contributed by atoms with Crippen LogP contribution in [-0.4, -0.2) is 24.0 Å². The van der Waals surface area contributed by atoms with Crippen molar-refractivity contribution in [1.82, 2.24) is 15.6 Å². The Morgan fingerprint density at radius 1 is 1.29 bits per heavy atom. The first-order valence-electron chi connectivity index (χ1n) is 8.43. The Hall–Kier alpha value is -1.40. The molecule has 0 saturated carbocycles. The standard InChI is InChI=1S/C18H28N4S2/c1-6-19-17(20-10-16-22-14(11-24-16)13(2)3)21-12-18(4,5)15-8-7-9-23-15/h7-9,11,13H,6,10,12H2,1-5H3,(H2,19,20,21). The van der Waals surface area contributed by atoms with Gasteiger partial charge in [0.25, 0.3) is 0 Å². The molecule has 0 spiro atoms. The fraction of sp³-hybridized carbons (Fsp3) is 0.556. The van der Waals surface area contributed by atoms with Crippen molar-refractivity contribution in [2.45, 2.75) is 52.5 Å². The Balaban J connectivity index is 1.97. The molecule has 24 heavy (non-hydrogen) atoms. The third kappa shape index (κ3) is 5.31. The first-order valence-corrected chi connectivity index (χ1v) is 10.2. The zero-order chi connectivity index (χ0) is 17.6. The average Bonchev–Trinajstić information content (AvgIpc) is 3.21. The Kier molecular flexibility index (Phi) is 6.80. The van der Waals surface area contributed by atoms with Crippen LogP contribution in [0, 0.1) is 0 Å². The molecule has 0 aliphatic carbocycles. The number of rotatable bonds is 7. The van der Waals surface area contributed by atoms with E-state index in [0.29, 0.717) is 12.5 Å². The van der Waals surface area contributed by atoms with Crippen LogP contribution in [0.3, 0.4) is 0 Å². The van der Waals surface area contributed by atoms with Crippen LogP contribution < -0.4 is 10.6 Å². The van der Waals surface area contributed by atoms with Crippen LogP contribution >= 0.6 is 22.7 Å². The summed E-state index contributed by atoms with van der Waals surface area (Å²) in [5.74, 6) is 1.32. The molecule has 0 radical (unpaired) electrons. The molecule has 0 atom stereocenters. The van der Waals surface area contributed by atoms with Gasteiger partial charge in [-0.3, -0.25) is 0 Å². The molecule has 132 valence electrons. The van der Waals surface area contributed by atoms with E-state index >= 15 is 0 Å². The number of thiophene rings is 1. The summed E-state index contributed by atoms with van der Waals surface area (Å²) < 4.78 is 0. The van der Waals surface area contributed by atoms with E-state index in [-0.39, 0.29) is 5.41 Å². The van der Waals surface area contributed by atoms with Gasteiger partial charge in [-0.15, -0.1) is 22.7 Å². The molecular weight excluding hydrogens is 336 g/mol. The topological polar surface area (TPSA) is 49.3 Å². The number of hydrogen-bond acceptors (Lipinski definition) is 4. The first kappa shape index (κ1) is 18.9. The minimum atomic E-state index is 0.0797. The summed E-state index contributed by atoms with van der Waals surface area (Å²) in [6, 6.07) is 4.30. The van der Waals surface area contributed by atoms with Gasteiger partial charge in [0, 0.05) is 28.8 Å². The zero-order valence-electron chi connectivity index (χ0n) is 15.2. The van der Waals surface area contributed by atoms with Crippen LogP contribution in [0.25, 0.3) is 0 Å². The highest BCUT2D eigenvalue weighted by Crippen LogP contribution is 2.26. The molecule has 2 rings (SSSR count). The lowest BCUT2D eigenvalue weighted by molar-refractivity contribution is 0.518. The van der Waals surface area contributed by atoms with E-state index in [0.717, 1.165) is 29.8 Å². The summed E-state index contributed by atoms with van der Waals surface area (Å²) in [7, 11) is 0. The normalized spacial score (nSPS) is 12.7. The smallest absolute Gasteiger partial charge is 0.191 e. The van der Waals surface area contributed by atoms with Gasteiger partial charge in [-0.25, -0.2) is 9.98 Å². The maximum atomic E-state index is 4.69. The number of nitrogens with zero attached hydrogens (tertiary/aromatic N) is 2. The molecule has 2 N–H and O–H groups in total. The van der Waals surface area contributed by atoms with Crippen molar-refractivity contribution >= 4 is 28.6 Å². The lowest BCUT2D eigenvalue weighted by Crippen LogP contribution is -2.43. The van der Waals surface area contributed by atoms with Crippen molar-refractivity contribution < 1.29 is 0 Å². The van der Waals surface area contributed by atoms with Crippen molar-refractivity contribution in [1.29, 1.82) is 0 Å². The lowest BCUT2D eigenvalue weighted by atomic mass is 9.91. The number of guanidine groups is 1. The van der Waals surface area contributed by atoms with Gasteiger partial charge in [0.15, 0.2) is 5.96 Å². The number of hydrogen-bond donors (Lipinski definition) is 2. The minimum Gasteiger partial charge on any atom is -0.357 e. The summed E-state index contributed by atoms with van der Waals surface area (Å²) in [5.41, 5.74) is 1.23. The van der Waals surface area contributed by atoms with Crippen LogP contribution in [0.1, 0.15) is 56.1 Å². The van der Waals surface area contributed by atoms with E-state index < -0.39 is 0 Å². The van der Waals surface area contributed by atoms with Gasteiger partial charge in [0.2, 0.25) is 0 Å². The molecule has 0 bridgehead atoms. The summed E-state index contributed by atoms with van der Waals surface area (Å²) in [5, 5.41) is 12.1. The Bertz CT molecular complexity index is 642. The summed E-state index contributed by atoms with van der Waals surface area (Å²) in [6.07, 6.45) is 0. The second kappa shape index (κ2) is 8.62. The monoisotopic (exact) mass is 364 g/mol. The van der Waals surface area contributed by atoms with Gasteiger partial charge in [0.05, 0.1) is 12.2 Å². The number of thiazole rings is 1. The number of nitrogens with one attached hydrogen (secondary N) is 2. The Morgan fingerprint density at radius 2 is 2.08 bits per heavy atom. The lowest BCUT2D eigenvalue weighted by Gasteiger charge is -2.25. The molecule has 0 fully saturated rings. The Morgan fingerprint density at radius 3 is 2.67 bits per heavy atom. The molecule has 0 unspecified atom stereocenters. The van der Waals surface area contributed by atoms with Crippen LogP contribution in [-0.2, 0) is 12.0 Å². The van der Waals surface area contributed by atoms with Gasteiger partial charge >= 0.3 is 0 Å². The van der Waals surface area contributed by atoms with E-state index in [1.54, 1.807) is 22.7 Å². The van der Waals surface area contributed by atoms with E-state index in [2.05, 4.69) is 78.1 Å². The van der Waals surface area contributed by atoms with Crippen molar-refractivity contribution in [2.75, 3.05) is 13.1 Å². The van der Waals surface area contributed by atoms with Gasteiger partial charge in [-0.2, -0.15) is 0 Å². The predicted octanol–water partition coefficient (Wildman–Crippen LogP) is 4.36. The molecule has 0 aliphatic rings. The molecule has 0 amide bonds. The molecule has 0 aromatic carbocycles.